The number of carbonyl (C=O) groups excluding carboxylic acids is 3. The van der Waals surface area contributed by atoms with Gasteiger partial charge in [0.25, 0.3) is 5.91 Å². The molecule has 124 valence electrons. The average Bonchev–Trinajstić information content (AvgIpc) is 3.06. The number of esters is 1. The number of rotatable bonds is 3. The van der Waals surface area contributed by atoms with Crippen LogP contribution in [-0.4, -0.2) is 41.3 Å². The molecule has 1 fully saturated rings. The maximum atomic E-state index is 12.9. The maximum absolute atomic E-state index is 12.9. The third-order valence-electron chi connectivity index (χ3n) is 4.14. The van der Waals surface area contributed by atoms with Crippen molar-refractivity contribution < 1.29 is 19.1 Å². The summed E-state index contributed by atoms with van der Waals surface area (Å²) in [6, 6.07) is 6.81. The summed E-state index contributed by atoms with van der Waals surface area (Å²) in [4.78, 5) is 49.0. The molecule has 2 aliphatic rings. The highest BCUT2D eigenvalue weighted by Crippen LogP contribution is 2.40. The van der Waals surface area contributed by atoms with Crippen LogP contribution < -0.4 is 4.90 Å². The van der Waals surface area contributed by atoms with Gasteiger partial charge in [0.15, 0.2) is 11.3 Å². The first kappa shape index (κ1) is 15.8. The van der Waals surface area contributed by atoms with Gasteiger partial charge in [-0.1, -0.05) is 17.7 Å². The normalized spacial score (nSPS) is 23.0. The Labute approximate surface area is 136 Å². The summed E-state index contributed by atoms with van der Waals surface area (Å²) >= 11 is 0. The molecule has 0 saturated carbocycles. The average molecular weight is 330 g/mol. The number of aryl methyl sites for hydroxylation is 1. The minimum absolute atomic E-state index is 0.121. The van der Waals surface area contributed by atoms with Gasteiger partial charge in [-0.2, -0.15) is 0 Å². The van der Waals surface area contributed by atoms with Gasteiger partial charge in [0.2, 0.25) is 5.91 Å². The molecule has 2 heterocycles. The first-order valence-corrected chi connectivity index (χ1v) is 7.16. The highest BCUT2D eigenvalue weighted by molar-refractivity contribution is 6.39. The maximum Gasteiger partial charge on any atom is 0.354 e. The van der Waals surface area contributed by atoms with E-state index < -0.39 is 23.3 Å². The second kappa shape index (κ2) is 5.52. The number of anilines is 1. The summed E-state index contributed by atoms with van der Waals surface area (Å²) in [5, 5.41) is 7.05. The Hall–Kier alpha value is -3.10. The van der Waals surface area contributed by atoms with Crippen LogP contribution in [0.2, 0.25) is 0 Å². The van der Waals surface area contributed by atoms with Crippen molar-refractivity contribution in [1.82, 2.24) is 5.12 Å². The summed E-state index contributed by atoms with van der Waals surface area (Å²) in [5.74, 6) is -1.90. The number of hydrazone groups is 1. The molecule has 0 unspecified atom stereocenters. The van der Waals surface area contributed by atoms with Gasteiger partial charge >= 0.3 is 5.97 Å². The molecule has 1 atom stereocenters. The van der Waals surface area contributed by atoms with Crippen LogP contribution in [0, 0.1) is 11.8 Å². The third-order valence-corrected chi connectivity index (χ3v) is 4.14. The predicted octanol–water partition coefficient (Wildman–Crippen LogP) is 0.913. The van der Waals surface area contributed by atoms with Gasteiger partial charge < -0.3 is 4.74 Å². The number of nitroso groups, excluding NO2 is 1. The van der Waals surface area contributed by atoms with Gasteiger partial charge in [0.05, 0.1) is 24.5 Å². The molecule has 9 heteroatoms. The monoisotopic (exact) mass is 330 g/mol. The van der Waals surface area contributed by atoms with Gasteiger partial charge in [0, 0.05) is 6.42 Å². The van der Waals surface area contributed by atoms with Crippen molar-refractivity contribution in [2.75, 3.05) is 12.0 Å². The van der Waals surface area contributed by atoms with Crippen LogP contribution in [0.1, 0.15) is 18.4 Å². The molecule has 3 rings (SSSR count). The molecule has 24 heavy (non-hydrogen) atoms. The van der Waals surface area contributed by atoms with Crippen molar-refractivity contribution in [3.8, 4) is 0 Å². The van der Waals surface area contributed by atoms with Crippen molar-refractivity contribution in [3.05, 3.63) is 34.7 Å². The van der Waals surface area contributed by atoms with Crippen LogP contribution in [0.5, 0.6) is 0 Å². The summed E-state index contributed by atoms with van der Waals surface area (Å²) in [6.07, 6.45) is -0.506. The fraction of sp³-hybridized carbons (Fsp3) is 0.333. The van der Waals surface area contributed by atoms with Crippen molar-refractivity contribution in [3.63, 3.8) is 0 Å². The van der Waals surface area contributed by atoms with E-state index >= 15 is 0 Å². The standard InChI is InChI=1S/C15H14N4O5/c1-9-3-5-10(6-4-9)18-12(20)8-15(14(18)22)7-11(13(21)24-2)16-19(15)17-23/h3-6H,7-8H2,1-2H3/t15-/m0/s1. The molecule has 1 saturated heterocycles. The molecule has 1 aromatic rings. The second-order valence-corrected chi connectivity index (χ2v) is 5.66. The first-order valence-electron chi connectivity index (χ1n) is 7.16. The lowest BCUT2D eigenvalue weighted by Crippen LogP contribution is -2.48. The van der Waals surface area contributed by atoms with E-state index in [0.29, 0.717) is 10.8 Å². The van der Waals surface area contributed by atoms with Crippen molar-refractivity contribution in [2.45, 2.75) is 25.3 Å². The highest BCUT2D eigenvalue weighted by Gasteiger charge is 2.61. The van der Waals surface area contributed by atoms with Gasteiger partial charge in [-0.15, -0.1) is 15.1 Å². The molecule has 9 nitrogen and oxygen atoms in total. The Morgan fingerprint density at radius 2 is 1.92 bits per heavy atom. The van der Waals surface area contributed by atoms with Crippen LogP contribution in [-0.2, 0) is 19.1 Å². The number of hydrogen-bond donors (Lipinski definition) is 0. The van der Waals surface area contributed by atoms with Crippen LogP contribution in [0.15, 0.2) is 34.7 Å². The fourth-order valence-electron chi connectivity index (χ4n) is 2.90. The Balaban J connectivity index is 1.97. The summed E-state index contributed by atoms with van der Waals surface area (Å²) in [5.41, 5.74) is -0.359. The molecular formula is C15H14N4O5. The second-order valence-electron chi connectivity index (χ2n) is 5.66. The molecule has 2 aliphatic heterocycles. The number of ether oxygens (including phenoxy) is 1. The minimum atomic E-state index is -1.60. The van der Waals surface area contributed by atoms with Crippen molar-refractivity contribution in [2.24, 2.45) is 10.4 Å². The van der Waals surface area contributed by atoms with Crippen LogP contribution in [0.3, 0.4) is 0 Å². The fourth-order valence-corrected chi connectivity index (χ4v) is 2.90. The lowest BCUT2D eigenvalue weighted by atomic mass is 9.92. The number of amides is 2. The number of benzene rings is 1. The van der Waals surface area contributed by atoms with E-state index in [2.05, 4.69) is 15.1 Å². The largest absolute Gasteiger partial charge is 0.464 e. The van der Waals surface area contributed by atoms with Gasteiger partial charge in [0.1, 0.15) is 0 Å². The lowest BCUT2D eigenvalue weighted by Gasteiger charge is -2.24. The molecule has 0 aliphatic carbocycles. The summed E-state index contributed by atoms with van der Waals surface area (Å²) in [7, 11) is 1.16. The Bertz CT molecular complexity index is 773. The molecule has 0 bridgehead atoms. The van der Waals surface area contributed by atoms with Gasteiger partial charge in [-0.25, -0.2) is 9.69 Å². The topological polar surface area (TPSA) is 109 Å². The number of methoxy groups -OCH3 is 1. The molecule has 1 spiro atoms. The Kier molecular flexibility index (Phi) is 3.63. The van der Waals surface area contributed by atoms with Gasteiger partial charge in [-0.05, 0) is 19.1 Å². The minimum Gasteiger partial charge on any atom is -0.464 e. The zero-order valence-electron chi connectivity index (χ0n) is 13.1. The Morgan fingerprint density at radius 1 is 1.25 bits per heavy atom. The molecule has 1 aromatic carbocycles. The van der Waals surface area contributed by atoms with E-state index in [1.165, 1.54) is 0 Å². The van der Waals surface area contributed by atoms with E-state index in [-0.39, 0.29) is 18.6 Å². The summed E-state index contributed by atoms with van der Waals surface area (Å²) in [6.45, 7) is 1.88. The molecule has 0 radical (unpaired) electrons. The van der Waals surface area contributed by atoms with Crippen LogP contribution >= 0.6 is 0 Å². The number of nitrogens with zero attached hydrogens (tertiary/aromatic N) is 4. The molecule has 0 N–H and O–H groups in total. The van der Waals surface area contributed by atoms with Crippen molar-refractivity contribution >= 4 is 29.2 Å². The van der Waals surface area contributed by atoms with Gasteiger partial charge in [-0.3, -0.25) is 9.59 Å². The smallest absolute Gasteiger partial charge is 0.354 e. The van der Waals surface area contributed by atoms with E-state index in [1.54, 1.807) is 24.3 Å². The lowest BCUT2D eigenvalue weighted by molar-refractivity contribution is -0.132. The van der Waals surface area contributed by atoms with Crippen LogP contribution in [0.25, 0.3) is 0 Å². The van der Waals surface area contributed by atoms with E-state index in [9.17, 15) is 19.3 Å². The molecular weight excluding hydrogens is 316 g/mol. The number of hydrogen-bond acceptors (Lipinski definition) is 7. The third kappa shape index (κ3) is 2.16. The SMILES string of the molecule is COC(=O)C1=NN(N=O)[C@]2(CC(=O)N(c3ccc(C)cc3)C2=O)C1. The van der Waals surface area contributed by atoms with E-state index in [4.69, 9.17) is 0 Å². The van der Waals surface area contributed by atoms with E-state index in [1.807, 2.05) is 6.92 Å². The van der Waals surface area contributed by atoms with Crippen molar-refractivity contribution in [1.29, 1.82) is 0 Å². The number of carbonyl (C=O) groups is 3. The predicted molar refractivity (Wildman–Crippen MR) is 82.7 cm³/mol. The zero-order valence-corrected chi connectivity index (χ0v) is 13.1. The zero-order chi connectivity index (χ0) is 17.5. The molecule has 0 aromatic heterocycles. The quantitative estimate of drug-likeness (QED) is 0.463. The first-order chi connectivity index (χ1) is 11.4. The molecule has 2 amide bonds. The summed E-state index contributed by atoms with van der Waals surface area (Å²) < 4.78 is 4.57. The number of imide groups is 1. The van der Waals surface area contributed by atoms with Crippen LogP contribution in [0.4, 0.5) is 5.69 Å². The highest BCUT2D eigenvalue weighted by atomic mass is 16.5. The van der Waals surface area contributed by atoms with E-state index in [0.717, 1.165) is 17.6 Å². The Morgan fingerprint density at radius 3 is 2.50 bits per heavy atom.